The second-order valence-electron chi connectivity index (χ2n) is 6.37. The Balaban J connectivity index is 2.19. The number of ether oxygens (including phenoxy) is 2. The van der Waals surface area contributed by atoms with Crippen molar-refractivity contribution in [3.05, 3.63) is 41.5 Å². The topological polar surface area (TPSA) is 52.6 Å². The minimum atomic E-state index is -0.585. The highest BCUT2D eigenvalue weighted by Crippen LogP contribution is 2.16. The van der Waals surface area contributed by atoms with E-state index in [1.165, 1.54) is 32.1 Å². The first-order chi connectivity index (χ1) is 12.0. The molecule has 0 unspecified atom stereocenters. The molecular formula is C21H30O4. The van der Waals surface area contributed by atoms with Gasteiger partial charge in [-0.1, -0.05) is 51.5 Å². The first kappa shape index (κ1) is 20.9. The Morgan fingerprint density at radius 3 is 2.04 bits per heavy atom. The third-order valence-electron chi connectivity index (χ3n) is 3.76. The Labute approximate surface area is 151 Å². The molecule has 0 heterocycles. The van der Waals surface area contributed by atoms with E-state index in [-0.39, 0.29) is 0 Å². The maximum absolute atomic E-state index is 11.7. The summed E-state index contributed by atoms with van der Waals surface area (Å²) in [5, 5.41) is 0. The summed E-state index contributed by atoms with van der Waals surface area (Å²) in [6, 6.07) is 5.55. The second-order valence-corrected chi connectivity index (χ2v) is 6.37. The SMILES string of the molecule is CCCCCCCCCOC(=O)/C=C/C(=O)Oc1cc(C)cc(C)c1. The van der Waals surface area contributed by atoms with Crippen LogP contribution in [0.1, 0.15) is 63.0 Å². The molecule has 0 N–H and O–H groups in total. The van der Waals surface area contributed by atoms with Crippen LogP contribution in [0.5, 0.6) is 5.75 Å². The molecule has 1 aromatic carbocycles. The molecule has 4 nitrogen and oxygen atoms in total. The fourth-order valence-electron chi connectivity index (χ4n) is 2.56. The van der Waals surface area contributed by atoms with Crippen molar-refractivity contribution in [3.63, 3.8) is 0 Å². The van der Waals surface area contributed by atoms with Crippen LogP contribution >= 0.6 is 0 Å². The summed E-state index contributed by atoms with van der Waals surface area (Å²) in [4.78, 5) is 23.3. The highest BCUT2D eigenvalue weighted by atomic mass is 16.5. The van der Waals surface area contributed by atoms with Crippen molar-refractivity contribution in [1.29, 1.82) is 0 Å². The van der Waals surface area contributed by atoms with Crippen LogP contribution in [-0.2, 0) is 14.3 Å². The van der Waals surface area contributed by atoms with Gasteiger partial charge in [0, 0.05) is 12.2 Å². The van der Waals surface area contributed by atoms with Crippen molar-refractivity contribution in [1.82, 2.24) is 0 Å². The van der Waals surface area contributed by atoms with Gasteiger partial charge in [-0.15, -0.1) is 0 Å². The summed E-state index contributed by atoms with van der Waals surface area (Å²) in [5.74, 6) is -0.621. The average molecular weight is 346 g/mol. The average Bonchev–Trinajstić information content (AvgIpc) is 2.54. The number of aryl methyl sites for hydroxylation is 2. The molecule has 1 aromatic rings. The van der Waals surface area contributed by atoms with E-state index in [1.54, 1.807) is 12.1 Å². The molecule has 0 fully saturated rings. The third kappa shape index (κ3) is 10.4. The molecule has 0 atom stereocenters. The Morgan fingerprint density at radius 1 is 0.840 bits per heavy atom. The van der Waals surface area contributed by atoms with E-state index in [4.69, 9.17) is 9.47 Å². The van der Waals surface area contributed by atoms with E-state index < -0.39 is 11.9 Å². The van der Waals surface area contributed by atoms with Gasteiger partial charge in [0.25, 0.3) is 0 Å². The second kappa shape index (κ2) is 12.3. The minimum absolute atomic E-state index is 0.392. The van der Waals surface area contributed by atoms with Gasteiger partial charge < -0.3 is 9.47 Å². The molecule has 25 heavy (non-hydrogen) atoms. The lowest BCUT2D eigenvalue weighted by Crippen LogP contribution is -2.07. The van der Waals surface area contributed by atoms with Crippen molar-refractivity contribution in [2.24, 2.45) is 0 Å². The zero-order valence-corrected chi connectivity index (χ0v) is 15.7. The van der Waals surface area contributed by atoms with Gasteiger partial charge in [-0.25, -0.2) is 9.59 Å². The van der Waals surface area contributed by atoms with Gasteiger partial charge in [-0.3, -0.25) is 0 Å². The molecule has 0 amide bonds. The summed E-state index contributed by atoms with van der Waals surface area (Å²) >= 11 is 0. The predicted octanol–water partition coefficient (Wildman–Crippen LogP) is 5.06. The minimum Gasteiger partial charge on any atom is -0.463 e. The zero-order valence-electron chi connectivity index (χ0n) is 15.7. The standard InChI is InChI=1S/C21H30O4/c1-4-5-6-7-8-9-10-13-24-20(22)11-12-21(23)25-19-15-17(2)14-18(3)16-19/h11-12,14-16H,4-10,13H2,1-3H3/b12-11+. The number of carbonyl (C=O) groups excluding carboxylic acids is 2. The number of hydrogen-bond donors (Lipinski definition) is 0. The van der Waals surface area contributed by atoms with Crippen LogP contribution in [0.3, 0.4) is 0 Å². The number of esters is 2. The van der Waals surface area contributed by atoms with Crippen molar-refractivity contribution < 1.29 is 19.1 Å². The van der Waals surface area contributed by atoms with E-state index in [0.29, 0.717) is 12.4 Å². The van der Waals surface area contributed by atoms with Gasteiger partial charge in [0.05, 0.1) is 6.61 Å². The molecule has 0 aliphatic carbocycles. The molecule has 0 saturated heterocycles. The molecule has 0 aliphatic heterocycles. The number of benzene rings is 1. The first-order valence-electron chi connectivity index (χ1n) is 9.16. The summed E-state index contributed by atoms with van der Waals surface area (Å²) in [6.07, 6.45) is 10.4. The molecule has 1 rings (SSSR count). The largest absolute Gasteiger partial charge is 0.463 e. The van der Waals surface area contributed by atoms with Crippen molar-refractivity contribution in [2.45, 2.75) is 65.7 Å². The van der Waals surface area contributed by atoms with E-state index in [9.17, 15) is 9.59 Å². The zero-order chi connectivity index (χ0) is 18.5. The maximum Gasteiger partial charge on any atom is 0.336 e. The monoisotopic (exact) mass is 346 g/mol. The van der Waals surface area contributed by atoms with E-state index in [0.717, 1.165) is 36.1 Å². The van der Waals surface area contributed by atoms with Crippen LogP contribution in [0.15, 0.2) is 30.4 Å². The molecular weight excluding hydrogens is 316 g/mol. The van der Waals surface area contributed by atoms with Crippen molar-refractivity contribution >= 4 is 11.9 Å². The van der Waals surface area contributed by atoms with E-state index >= 15 is 0 Å². The van der Waals surface area contributed by atoms with E-state index in [2.05, 4.69) is 6.92 Å². The van der Waals surface area contributed by atoms with Gasteiger partial charge >= 0.3 is 11.9 Å². The number of unbranched alkanes of at least 4 members (excludes halogenated alkanes) is 6. The van der Waals surface area contributed by atoms with Crippen LogP contribution in [0.2, 0.25) is 0 Å². The lowest BCUT2D eigenvalue weighted by atomic mass is 10.1. The van der Waals surface area contributed by atoms with Crippen LogP contribution in [-0.4, -0.2) is 18.5 Å². The molecule has 0 saturated carbocycles. The molecule has 0 aromatic heterocycles. The van der Waals surface area contributed by atoms with Crippen LogP contribution in [0.25, 0.3) is 0 Å². The van der Waals surface area contributed by atoms with Crippen molar-refractivity contribution in [3.8, 4) is 5.75 Å². The summed E-state index contributed by atoms with van der Waals surface area (Å²) in [5.41, 5.74) is 2.03. The smallest absolute Gasteiger partial charge is 0.336 e. The van der Waals surface area contributed by atoms with Gasteiger partial charge in [-0.05, 0) is 43.5 Å². The molecule has 138 valence electrons. The fraction of sp³-hybridized carbons (Fsp3) is 0.524. The van der Waals surface area contributed by atoms with Gasteiger partial charge in [-0.2, -0.15) is 0 Å². The Morgan fingerprint density at radius 2 is 1.40 bits per heavy atom. The predicted molar refractivity (Wildman–Crippen MR) is 99.6 cm³/mol. The van der Waals surface area contributed by atoms with Crippen LogP contribution in [0, 0.1) is 13.8 Å². The van der Waals surface area contributed by atoms with Crippen LogP contribution in [0.4, 0.5) is 0 Å². The molecule has 0 spiro atoms. The quantitative estimate of drug-likeness (QED) is 0.243. The van der Waals surface area contributed by atoms with Crippen LogP contribution < -0.4 is 4.74 Å². The molecule has 0 radical (unpaired) electrons. The normalized spacial score (nSPS) is 10.8. The highest BCUT2D eigenvalue weighted by Gasteiger charge is 2.04. The highest BCUT2D eigenvalue weighted by molar-refractivity contribution is 5.92. The van der Waals surface area contributed by atoms with Gasteiger partial charge in [0.2, 0.25) is 0 Å². The molecule has 4 heteroatoms. The Kier molecular flexibility index (Phi) is 10.3. The molecule has 0 bridgehead atoms. The lowest BCUT2D eigenvalue weighted by Gasteiger charge is -2.04. The lowest BCUT2D eigenvalue weighted by molar-refractivity contribution is -0.138. The maximum atomic E-state index is 11.7. The first-order valence-corrected chi connectivity index (χ1v) is 9.16. The number of carbonyl (C=O) groups is 2. The van der Waals surface area contributed by atoms with Crippen molar-refractivity contribution in [2.75, 3.05) is 6.61 Å². The Hall–Kier alpha value is -2.10. The van der Waals surface area contributed by atoms with E-state index in [1.807, 2.05) is 19.9 Å². The third-order valence-corrected chi connectivity index (χ3v) is 3.76. The molecule has 0 aliphatic rings. The number of hydrogen-bond acceptors (Lipinski definition) is 4. The summed E-state index contributed by atoms with van der Waals surface area (Å²) in [6.45, 7) is 6.45. The summed E-state index contributed by atoms with van der Waals surface area (Å²) < 4.78 is 10.3. The fourth-order valence-corrected chi connectivity index (χ4v) is 2.56. The van der Waals surface area contributed by atoms with Gasteiger partial charge in [0.15, 0.2) is 0 Å². The van der Waals surface area contributed by atoms with Gasteiger partial charge in [0.1, 0.15) is 5.75 Å². The Bertz CT molecular complexity index is 555. The summed E-state index contributed by atoms with van der Waals surface area (Å²) in [7, 11) is 0. The number of rotatable bonds is 11.